The minimum atomic E-state index is 0.158. The Morgan fingerprint density at radius 3 is 2.71 bits per heavy atom. The van der Waals surface area contributed by atoms with E-state index in [0.29, 0.717) is 17.9 Å². The van der Waals surface area contributed by atoms with Gasteiger partial charge in [0.05, 0.1) is 16.4 Å². The third-order valence-corrected chi connectivity index (χ3v) is 3.23. The number of carbonyl (C=O) groups is 1. The molecule has 0 spiro atoms. The van der Waals surface area contributed by atoms with Crippen LogP contribution in [0.5, 0.6) is 0 Å². The highest BCUT2D eigenvalue weighted by Crippen LogP contribution is 2.20. The highest BCUT2D eigenvalue weighted by Gasteiger charge is 2.14. The Morgan fingerprint density at radius 1 is 1.59 bits per heavy atom. The molecule has 0 saturated carbocycles. The van der Waals surface area contributed by atoms with Crippen molar-refractivity contribution in [3.05, 3.63) is 16.4 Å². The second-order valence-electron chi connectivity index (χ2n) is 4.55. The monoisotopic (exact) mass is 257 g/mol. The zero-order valence-electron chi connectivity index (χ0n) is 10.7. The van der Waals surface area contributed by atoms with Crippen LogP contribution in [-0.2, 0) is 18.3 Å². The van der Waals surface area contributed by atoms with E-state index in [1.165, 1.54) is 0 Å². The number of aromatic nitrogens is 2. The minimum Gasteiger partial charge on any atom is -0.328 e. The lowest BCUT2D eigenvalue weighted by atomic mass is 10.1. The molecular formula is C12H20ClN3O. The molecular weight excluding hydrogens is 238 g/mol. The Morgan fingerprint density at radius 2 is 2.24 bits per heavy atom. The van der Waals surface area contributed by atoms with Gasteiger partial charge in [0.15, 0.2) is 0 Å². The fourth-order valence-corrected chi connectivity index (χ4v) is 2.00. The lowest BCUT2D eigenvalue weighted by Crippen LogP contribution is -2.15. The van der Waals surface area contributed by atoms with Crippen molar-refractivity contribution in [1.82, 2.24) is 9.78 Å². The van der Waals surface area contributed by atoms with Crippen LogP contribution in [0.3, 0.4) is 0 Å². The van der Waals surface area contributed by atoms with E-state index in [0.717, 1.165) is 24.2 Å². The van der Waals surface area contributed by atoms with E-state index in [1.54, 1.807) is 4.68 Å². The van der Waals surface area contributed by atoms with Gasteiger partial charge in [0.2, 0.25) is 0 Å². The third-order valence-electron chi connectivity index (χ3n) is 2.74. The first-order valence-electron chi connectivity index (χ1n) is 5.87. The van der Waals surface area contributed by atoms with Crippen molar-refractivity contribution >= 4 is 17.4 Å². The summed E-state index contributed by atoms with van der Waals surface area (Å²) in [7, 11) is 1.81. The molecule has 2 N–H and O–H groups in total. The number of carbonyl (C=O) groups excluding carboxylic acids is 1. The molecule has 0 saturated heterocycles. The van der Waals surface area contributed by atoms with E-state index in [4.69, 9.17) is 17.3 Å². The number of hydrogen-bond donors (Lipinski definition) is 1. The molecule has 0 aromatic carbocycles. The molecule has 96 valence electrons. The maximum Gasteiger partial charge on any atom is 0.138 e. The average Bonchev–Trinajstić information content (AvgIpc) is 2.44. The Hall–Kier alpha value is -0.870. The van der Waals surface area contributed by atoms with Gasteiger partial charge >= 0.3 is 0 Å². The fourth-order valence-electron chi connectivity index (χ4n) is 1.77. The van der Waals surface area contributed by atoms with Crippen molar-refractivity contribution in [3.8, 4) is 0 Å². The summed E-state index contributed by atoms with van der Waals surface area (Å²) in [6, 6.07) is 0.158. The van der Waals surface area contributed by atoms with Crippen molar-refractivity contribution in [2.24, 2.45) is 12.8 Å². The molecule has 1 heterocycles. The van der Waals surface area contributed by atoms with E-state index in [2.05, 4.69) is 5.10 Å². The largest absolute Gasteiger partial charge is 0.328 e. The summed E-state index contributed by atoms with van der Waals surface area (Å²) >= 11 is 6.09. The molecule has 1 rings (SSSR count). The van der Waals surface area contributed by atoms with Crippen LogP contribution in [0, 0.1) is 6.92 Å². The maximum absolute atomic E-state index is 11.8. The minimum absolute atomic E-state index is 0.158. The fraction of sp³-hybridized carbons (Fsp3) is 0.667. The molecule has 1 aromatic rings. The molecule has 1 aromatic heterocycles. The van der Waals surface area contributed by atoms with E-state index in [1.807, 2.05) is 20.9 Å². The number of ketones is 1. The molecule has 0 aliphatic rings. The first kappa shape index (κ1) is 14.2. The second-order valence-corrected chi connectivity index (χ2v) is 4.93. The number of nitrogens with two attached hydrogens (primary N) is 1. The second kappa shape index (κ2) is 6.17. The standard InChI is InChI=1S/C12H20ClN3O/c1-8(14)5-4-6-10(17)7-11-12(13)9(2)15-16(11)3/h8H,4-7,14H2,1-3H3. The molecule has 5 heteroatoms. The Balaban J connectivity index is 2.51. The molecule has 1 unspecified atom stereocenters. The molecule has 0 aliphatic carbocycles. The number of hydrogen-bond acceptors (Lipinski definition) is 3. The molecule has 1 atom stereocenters. The van der Waals surface area contributed by atoms with Gasteiger partial charge in [-0.2, -0.15) is 5.10 Å². The van der Waals surface area contributed by atoms with Crippen LogP contribution in [0.15, 0.2) is 0 Å². The van der Waals surface area contributed by atoms with Gasteiger partial charge in [-0.1, -0.05) is 11.6 Å². The van der Waals surface area contributed by atoms with Crippen LogP contribution in [-0.4, -0.2) is 21.6 Å². The first-order valence-corrected chi connectivity index (χ1v) is 6.25. The number of Topliss-reactive ketones (excluding diaryl/α,β-unsaturated/α-hetero) is 1. The highest BCUT2D eigenvalue weighted by atomic mass is 35.5. The smallest absolute Gasteiger partial charge is 0.138 e. The summed E-state index contributed by atoms with van der Waals surface area (Å²) in [5.74, 6) is 0.190. The number of nitrogens with zero attached hydrogens (tertiary/aromatic N) is 2. The third kappa shape index (κ3) is 4.13. The number of rotatable bonds is 6. The molecule has 4 nitrogen and oxygen atoms in total. The van der Waals surface area contributed by atoms with E-state index >= 15 is 0 Å². The van der Waals surface area contributed by atoms with Gasteiger partial charge < -0.3 is 5.73 Å². The van der Waals surface area contributed by atoms with Gasteiger partial charge in [-0.3, -0.25) is 9.48 Å². The quantitative estimate of drug-likeness (QED) is 0.848. The van der Waals surface area contributed by atoms with Crippen LogP contribution in [0.4, 0.5) is 0 Å². The van der Waals surface area contributed by atoms with E-state index in [9.17, 15) is 4.79 Å². The molecule has 0 bridgehead atoms. The molecule has 0 amide bonds. The van der Waals surface area contributed by atoms with Crippen molar-refractivity contribution in [2.45, 2.75) is 45.6 Å². The SMILES string of the molecule is Cc1nn(C)c(CC(=O)CCCC(C)N)c1Cl. The predicted molar refractivity (Wildman–Crippen MR) is 69.2 cm³/mol. The van der Waals surface area contributed by atoms with Crippen molar-refractivity contribution in [1.29, 1.82) is 0 Å². The van der Waals surface area contributed by atoms with Crippen LogP contribution in [0.1, 0.15) is 37.6 Å². The molecule has 17 heavy (non-hydrogen) atoms. The van der Waals surface area contributed by atoms with Crippen LogP contribution in [0.25, 0.3) is 0 Å². The summed E-state index contributed by atoms with van der Waals surface area (Å²) in [6.45, 7) is 3.79. The van der Waals surface area contributed by atoms with Gasteiger partial charge in [-0.15, -0.1) is 0 Å². The van der Waals surface area contributed by atoms with Crippen molar-refractivity contribution < 1.29 is 4.79 Å². The van der Waals surface area contributed by atoms with E-state index < -0.39 is 0 Å². The lowest BCUT2D eigenvalue weighted by Gasteiger charge is -2.05. The molecule has 0 fully saturated rings. The highest BCUT2D eigenvalue weighted by molar-refractivity contribution is 6.32. The first-order chi connectivity index (χ1) is 7.91. The van der Waals surface area contributed by atoms with Gasteiger partial charge in [0.25, 0.3) is 0 Å². The summed E-state index contributed by atoms with van der Waals surface area (Å²) in [5, 5.41) is 4.79. The van der Waals surface area contributed by atoms with Gasteiger partial charge in [0, 0.05) is 25.9 Å². The topological polar surface area (TPSA) is 60.9 Å². The zero-order valence-corrected chi connectivity index (χ0v) is 11.4. The predicted octanol–water partition coefficient (Wildman–Crippen LogP) is 2.01. The van der Waals surface area contributed by atoms with E-state index in [-0.39, 0.29) is 11.8 Å². The van der Waals surface area contributed by atoms with Crippen LogP contribution >= 0.6 is 11.6 Å². The Labute approximate surface area is 107 Å². The van der Waals surface area contributed by atoms with Crippen molar-refractivity contribution in [3.63, 3.8) is 0 Å². The van der Waals surface area contributed by atoms with Gasteiger partial charge in [0.1, 0.15) is 5.78 Å². The summed E-state index contributed by atoms with van der Waals surface area (Å²) in [4.78, 5) is 11.8. The Kier molecular flexibility index (Phi) is 5.15. The average molecular weight is 258 g/mol. The van der Waals surface area contributed by atoms with Crippen molar-refractivity contribution in [2.75, 3.05) is 0 Å². The summed E-state index contributed by atoms with van der Waals surface area (Å²) < 4.78 is 1.68. The summed E-state index contributed by atoms with van der Waals surface area (Å²) in [5.41, 5.74) is 7.21. The number of halogens is 1. The Bertz CT molecular complexity index is 399. The lowest BCUT2D eigenvalue weighted by molar-refractivity contribution is -0.118. The van der Waals surface area contributed by atoms with Crippen LogP contribution in [0.2, 0.25) is 5.02 Å². The normalized spacial score (nSPS) is 12.8. The van der Waals surface area contributed by atoms with Crippen LogP contribution < -0.4 is 5.73 Å². The van der Waals surface area contributed by atoms with Gasteiger partial charge in [-0.25, -0.2) is 0 Å². The molecule has 0 aliphatic heterocycles. The van der Waals surface area contributed by atoms with Gasteiger partial charge in [-0.05, 0) is 26.7 Å². The molecule has 0 radical (unpaired) electrons. The zero-order chi connectivity index (χ0) is 13.0. The summed E-state index contributed by atoms with van der Waals surface area (Å²) in [6.07, 6.45) is 2.63. The number of aryl methyl sites for hydroxylation is 2. The maximum atomic E-state index is 11.8.